The zero-order valence-corrected chi connectivity index (χ0v) is 11.5. The highest BCUT2D eigenvalue weighted by molar-refractivity contribution is 9.10. The lowest BCUT2D eigenvalue weighted by atomic mass is 9.99. The van der Waals surface area contributed by atoms with Crippen molar-refractivity contribution in [1.82, 2.24) is 0 Å². The first-order valence-electron chi connectivity index (χ1n) is 5.14. The van der Waals surface area contributed by atoms with E-state index in [2.05, 4.69) is 15.9 Å². The van der Waals surface area contributed by atoms with Crippen molar-refractivity contribution in [2.45, 2.75) is 6.04 Å². The van der Waals surface area contributed by atoms with Crippen molar-refractivity contribution >= 4 is 27.5 Å². The highest BCUT2D eigenvalue weighted by Gasteiger charge is 2.19. The van der Waals surface area contributed by atoms with Crippen molar-refractivity contribution in [3.8, 4) is 0 Å². The quantitative estimate of drug-likeness (QED) is 0.865. The molecule has 2 aromatic carbocycles. The summed E-state index contributed by atoms with van der Waals surface area (Å²) in [5.41, 5.74) is 6.27. The van der Waals surface area contributed by atoms with Crippen molar-refractivity contribution in [2.24, 2.45) is 5.73 Å². The number of benzene rings is 2. The molecular formula is C13H9BrClF2N. The van der Waals surface area contributed by atoms with Crippen molar-refractivity contribution < 1.29 is 8.78 Å². The molecule has 0 aliphatic carbocycles. The highest BCUT2D eigenvalue weighted by Crippen LogP contribution is 2.28. The van der Waals surface area contributed by atoms with E-state index in [9.17, 15) is 8.78 Å². The van der Waals surface area contributed by atoms with Crippen molar-refractivity contribution in [3.05, 3.63) is 68.7 Å². The molecule has 18 heavy (non-hydrogen) atoms. The van der Waals surface area contributed by atoms with E-state index in [-0.39, 0.29) is 5.56 Å². The molecule has 0 aromatic heterocycles. The third-order valence-electron chi connectivity index (χ3n) is 2.56. The average Bonchev–Trinajstić information content (AvgIpc) is 2.27. The molecule has 0 radical (unpaired) electrons. The zero-order valence-electron chi connectivity index (χ0n) is 9.13. The van der Waals surface area contributed by atoms with Crippen LogP contribution in [0.3, 0.4) is 0 Å². The molecule has 0 spiro atoms. The van der Waals surface area contributed by atoms with Gasteiger partial charge in [-0.1, -0.05) is 39.7 Å². The fraction of sp³-hybridized carbons (Fsp3) is 0.0769. The second kappa shape index (κ2) is 5.34. The zero-order chi connectivity index (χ0) is 13.3. The van der Waals surface area contributed by atoms with Gasteiger partial charge in [0.05, 0.1) is 6.04 Å². The Bertz CT molecular complexity index is 566. The Morgan fingerprint density at radius 1 is 1.11 bits per heavy atom. The van der Waals surface area contributed by atoms with Crippen LogP contribution in [0.1, 0.15) is 17.2 Å². The van der Waals surface area contributed by atoms with Gasteiger partial charge in [-0.05, 0) is 29.8 Å². The maximum atomic E-state index is 13.8. The topological polar surface area (TPSA) is 26.0 Å². The molecule has 0 bridgehead atoms. The van der Waals surface area contributed by atoms with E-state index in [1.54, 1.807) is 24.3 Å². The molecule has 2 N–H and O–H groups in total. The van der Waals surface area contributed by atoms with Crippen molar-refractivity contribution in [1.29, 1.82) is 0 Å². The first-order chi connectivity index (χ1) is 8.49. The first-order valence-corrected chi connectivity index (χ1v) is 6.31. The molecule has 0 saturated carbocycles. The van der Waals surface area contributed by atoms with Gasteiger partial charge in [0, 0.05) is 15.1 Å². The largest absolute Gasteiger partial charge is 0.320 e. The van der Waals surface area contributed by atoms with E-state index < -0.39 is 17.7 Å². The summed E-state index contributed by atoms with van der Waals surface area (Å²) in [6.45, 7) is 0. The predicted molar refractivity (Wildman–Crippen MR) is 71.5 cm³/mol. The molecule has 1 nitrogen and oxygen atoms in total. The van der Waals surface area contributed by atoms with Gasteiger partial charge < -0.3 is 5.73 Å². The van der Waals surface area contributed by atoms with Gasteiger partial charge >= 0.3 is 0 Å². The van der Waals surface area contributed by atoms with Gasteiger partial charge in [-0.25, -0.2) is 8.78 Å². The van der Waals surface area contributed by atoms with Gasteiger partial charge in [0.15, 0.2) is 0 Å². The fourth-order valence-corrected chi connectivity index (χ4v) is 2.32. The van der Waals surface area contributed by atoms with Crippen LogP contribution in [0.4, 0.5) is 8.78 Å². The summed E-state index contributed by atoms with van der Waals surface area (Å²) >= 11 is 8.85. The lowest BCUT2D eigenvalue weighted by Crippen LogP contribution is -2.15. The van der Waals surface area contributed by atoms with Crippen LogP contribution in [0.2, 0.25) is 5.02 Å². The van der Waals surface area contributed by atoms with Gasteiger partial charge in [0.1, 0.15) is 11.6 Å². The molecule has 0 aliphatic rings. The summed E-state index contributed by atoms with van der Waals surface area (Å²) in [7, 11) is 0. The molecule has 94 valence electrons. The van der Waals surface area contributed by atoms with Crippen LogP contribution in [0.25, 0.3) is 0 Å². The number of hydrogen-bond donors (Lipinski definition) is 1. The minimum atomic E-state index is -0.892. The summed E-state index contributed by atoms with van der Waals surface area (Å²) in [6, 6.07) is 8.10. The lowest BCUT2D eigenvalue weighted by Gasteiger charge is -2.15. The van der Waals surface area contributed by atoms with Crippen LogP contribution in [0.5, 0.6) is 0 Å². The Morgan fingerprint density at radius 2 is 1.72 bits per heavy atom. The molecule has 1 unspecified atom stereocenters. The number of halogens is 4. The molecule has 2 aromatic rings. The molecule has 0 aliphatic heterocycles. The number of nitrogens with two attached hydrogens (primary N) is 1. The lowest BCUT2D eigenvalue weighted by molar-refractivity contribution is 0.542. The second-order valence-electron chi connectivity index (χ2n) is 3.82. The van der Waals surface area contributed by atoms with E-state index in [4.69, 9.17) is 17.3 Å². The molecule has 5 heteroatoms. The predicted octanol–water partition coefficient (Wildman–Crippen LogP) is 4.43. The molecule has 0 saturated heterocycles. The van der Waals surface area contributed by atoms with E-state index in [1.165, 1.54) is 12.1 Å². The van der Waals surface area contributed by atoms with Crippen LogP contribution in [-0.2, 0) is 0 Å². The number of hydrogen-bond acceptors (Lipinski definition) is 1. The third-order valence-corrected chi connectivity index (χ3v) is 3.26. The van der Waals surface area contributed by atoms with E-state index >= 15 is 0 Å². The Balaban J connectivity index is 2.49. The molecular weight excluding hydrogens is 324 g/mol. The summed E-state index contributed by atoms with van der Waals surface area (Å²) in [4.78, 5) is 0. The highest BCUT2D eigenvalue weighted by atomic mass is 79.9. The van der Waals surface area contributed by atoms with E-state index in [0.29, 0.717) is 15.1 Å². The van der Waals surface area contributed by atoms with Crippen LogP contribution >= 0.6 is 27.5 Å². The maximum absolute atomic E-state index is 13.8. The van der Waals surface area contributed by atoms with Gasteiger partial charge in [-0.2, -0.15) is 0 Å². The standard InChI is InChI=1S/C13H9BrClF2N/c14-8-5-10(16)12(11(17)6-8)13(18)7-2-1-3-9(15)4-7/h1-6,13H,18H2. The SMILES string of the molecule is NC(c1cccc(Cl)c1)c1c(F)cc(Br)cc1F. The fourth-order valence-electron chi connectivity index (χ4n) is 1.72. The van der Waals surface area contributed by atoms with Crippen molar-refractivity contribution in [3.63, 3.8) is 0 Å². The summed E-state index contributed by atoms with van der Waals surface area (Å²) in [5.74, 6) is -1.37. The molecule has 0 fully saturated rings. The van der Waals surface area contributed by atoms with E-state index in [0.717, 1.165) is 0 Å². The smallest absolute Gasteiger partial charge is 0.132 e. The third kappa shape index (κ3) is 2.71. The maximum Gasteiger partial charge on any atom is 0.132 e. The normalized spacial score (nSPS) is 12.5. The summed E-state index contributed by atoms with van der Waals surface area (Å²) < 4.78 is 27.9. The number of rotatable bonds is 2. The summed E-state index contributed by atoms with van der Waals surface area (Å²) in [5, 5.41) is 0.473. The molecule has 2 rings (SSSR count). The van der Waals surface area contributed by atoms with Crippen LogP contribution in [0, 0.1) is 11.6 Å². The van der Waals surface area contributed by atoms with Gasteiger partial charge in [-0.3, -0.25) is 0 Å². The molecule has 1 atom stereocenters. The monoisotopic (exact) mass is 331 g/mol. The Kier molecular flexibility index (Phi) is 4.00. The Morgan fingerprint density at radius 3 is 2.28 bits per heavy atom. The van der Waals surface area contributed by atoms with Crippen molar-refractivity contribution in [2.75, 3.05) is 0 Å². The van der Waals surface area contributed by atoms with Gasteiger partial charge in [0.25, 0.3) is 0 Å². The molecule has 0 heterocycles. The minimum absolute atomic E-state index is 0.166. The van der Waals surface area contributed by atoms with E-state index in [1.807, 2.05) is 0 Å². The Hall–Kier alpha value is -0.970. The average molecular weight is 333 g/mol. The molecule has 0 amide bonds. The summed E-state index contributed by atoms with van der Waals surface area (Å²) in [6.07, 6.45) is 0. The van der Waals surface area contributed by atoms with Gasteiger partial charge in [0.2, 0.25) is 0 Å². The van der Waals surface area contributed by atoms with Crippen LogP contribution in [-0.4, -0.2) is 0 Å². The minimum Gasteiger partial charge on any atom is -0.320 e. The van der Waals surface area contributed by atoms with Gasteiger partial charge in [-0.15, -0.1) is 0 Å². The Labute approximate surface area is 117 Å². The first kappa shape index (κ1) is 13.5. The second-order valence-corrected chi connectivity index (χ2v) is 5.17. The van der Waals surface area contributed by atoms with Crippen LogP contribution < -0.4 is 5.73 Å². The van der Waals surface area contributed by atoms with Crippen LogP contribution in [0.15, 0.2) is 40.9 Å².